The first kappa shape index (κ1) is 13.1. The van der Waals surface area contributed by atoms with Crippen molar-refractivity contribution in [3.05, 3.63) is 18.0 Å². The van der Waals surface area contributed by atoms with Crippen LogP contribution in [0.1, 0.15) is 24.5 Å². The highest BCUT2D eigenvalue weighted by molar-refractivity contribution is 5.84. The molecular formula is C13H17N3O4. The minimum Gasteiger partial charge on any atom is -0.481 e. The lowest BCUT2D eigenvalue weighted by Crippen LogP contribution is -2.34. The van der Waals surface area contributed by atoms with Gasteiger partial charge in [0.2, 0.25) is 0 Å². The molecule has 1 aliphatic heterocycles. The number of carbonyl (C=O) groups is 2. The number of rotatable bonds is 3. The summed E-state index contributed by atoms with van der Waals surface area (Å²) in [5, 5.41) is 23.2. The van der Waals surface area contributed by atoms with Gasteiger partial charge in [0, 0.05) is 37.3 Å². The van der Waals surface area contributed by atoms with Gasteiger partial charge in [0.25, 0.3) is 5.91 Å². The average molecular weight is 279 g/mol. The average Bonchev–Trinajstić information content (AvgIpc) is 2.84. The maximum Gasteiger partial charge on any atom is 0.308 e. The number of carbonyl (C=O) groups excluding carboxylic acids is 1. The van der Waals surface area contributed by atoms with Gasteiger partial charge < -0.3 is 15.1 Å². The molecule has 2 atom stereocenters. The Morgan fingerprint density at radius 1 is 1.50 bits per heavy atom. The molecule has 2 aliphatic rings. The van der Waals surface area contributed by atoms with E-state index in [1.807, 2.05) is 0 Å². The van der Waals surface area contributed by atoms with Crippen molar-refractivity contribution in [3.8, 4) is 0 Å². The first-order chi connectivity index (χ1) is 9.43. The van der Waals surface area contributed by atoms with E-state index in [-0.39, 0.29) is 12.0 Å². The Morgan fingerprint density at radius 2 is 2.20 bits per heavy atom. The molecule has 1 aromatic rings. The van der Waals surface area contributed by atoms with E-state index in [4.69, 9.17) is 0 Å². The summed E-state index contributed by atoms with van der Waals surface area (Å²) in [5.41, 5.74) is 0.178. The van der Waals surface area contributed by atoms with Gasteiger partial charge in [0.05, 0.1) is 12.1 Å². The largest absolute Gasteiger partial charge is 0.481 e. The number of aliphatic carboxylic acids is 1. The third kappa shape index (κ3) is 1.98. The van der Waals surface area contributed by atoms with Crippen LogP contribution in [0.15, 0.2) is 12.4 Å². The lowest BCUT2D eigenvalue weighted by Gasteiger charge is -2.19. The molecule has 2 fully saturated rings. The van der Waals surface area contributed by atoms with Crippen LogP contribution >= 0.6 is 0 Å². The highest BCUT2D eigenvalue weighted by Crippen LogP contribution is 2.56. The predicted octanol–water partition coefficient (Wildman–Crippen LogP) is -0.223. The van der Waals surface area contributed by atoms with Crippen molar-refractivity contribution in [2.75, 3.05) is 13.1 Å². The SMILES string of the molecule is Cn1cc(C(O)C(=O)N2CC(C(=O)O)C3(CC3)C2)cn1. The Bertz CT molecular complexity index is 564. The number of aliphatic hydroxyl groups excluding tert-OH is 1. The van der Waals surface area contributed by atoms with Gasteiger partial charge in [-0.3, -0.25) is 14.3 Å². The van der Waals surface area contributed by atoms with Crippen LogP contribution in [0.4, 0.5) is 0 Å². The van der Waals surface area contributed by atoms with E-state index in [1.54, 1.807) is 13.2 Å². The fourth-order valence-electron chi connectivity index (χ4n) is 3.04. The van der Waals surface area contributed by atoms with Crippen LogP contribution in [0.2, 0.25) is 0 Å². The van der Waals surface area contributed by atoms with Gasteiger partial charge >= 0.3 is 5.97 Å². The molecule has 0 bridgehead atoms. The number of hydrogen-bond acceptors (Lipinski definition) is 4. The van der Waals surface area contributed by atoms with Gasteiger partial charge in [0.15, 0.2) is 6.10 Å². The second kappa shape index (κ2) is 4.31. The monoisotopic (exact) mass is 279 g/mol. The Labute approximate surface area is 115 Å². The van der Waals surface area contributed by atoms with E-state index >= 15 is 0 Å². The molecule has 1 saturated carbocycles. The van der Waals surface area contributed by atoms with Crippen LogP contribution in [0.25, 0.3) is 0 Å². The molecule has 108 valence electrons. The lowest BCUT2D eigenvalue weighted by molar-refractivity contribution is -0.143. The number of nitrogens with zero attached hydrogens (tertiary/aromatic N) is 3. The number of carboxylic acid groups (broad SMARTS) is 1. The van der Waals surface area contributed by atoms with Gasteiger partial charge in [0.1, 0.15) is 0 Å². The van der Waals surface area contributed by atoms with E-state index in [1.165, 1.54) is 15.8 Å². The van der Waals surface area contributed by atoms with E-state index in [0.717, 1.165) is 12.8 Å². The Morgan fingerprint density at radius 3 is 2.65 bits per heavy atom. The zero-order chi connectivity index (χ0) is 14.5. The summed E-state index contributed by atoms with van der Waals surface area (Å²) in [6.45, 7) is 0.617. The van der Waals surface area contributed by atoms with E-state index in [0.29, 0.717) is 12.1 Å². The van der Waals surface area contributed by atoms with Gasteiger partial charge in [-0.25, -0.2) is 0 Å². The number of aliphatic hydroxyl groups is 1. The van der Waals surface area contributed by atoms with Crippen molar-refractivity contribution < 1.29 is 19.8 Å². The Hall–Kier alpha value is -1.89. The maximum atomic E-state index is 12.3. The van der Waals surface area contributed by atoms with Crippen LogP contribution in [0, 0.1) is 11.3 Å². The Kier molecular flexibility index (Phi) is 2.82. The van der Waals surface area contributed by atoms with Crippen LogP contribution in [0.3, 0.4) is 0 Å². The Balaban J connectivity index is 1.74. The summed E-state index contributed by atoms with van der Waals surface area (Å²) >= 11 is 0. The van der Waals surface area contributed by atoms with Crippen molar-refractivity contribution in [3.63, 3.8) is 0 Å². The van der Waals surface area contributed by atoms with Crippen molar-refractivity contribution in [1.29, 1.82) is 0 Å². The van der Waals surface area contributed by atoms with Crippen LogP contribution < -0.4 is 0 Å². The number of hydrogen-bond donors (Lipinski definition) is 2. The number of likely N-dealkylation sites (tertiary alicyclic amines) is 1. The molecule has 7 nitrogen and oxygen atoms in total. The molecule has 1 spiro atoms. The zero-order valence-corrected chi connectivity index (χ0v) is 11.2. The van der Waals surface area contributed by atoms with Crippen molar-refractivity contribution in [2.45, 2.75) is 18.9 Å². The quantitative estimate of drug-likeness (QED) is 0.797. The molecule has 2 heterocycles. The fraction of sp³-hybridized carbons (Fsp3) is 0.615. The molecule has 1 aromatic heterocycles. The first-order valence-corrected chi connectivity index (χ1v) is 6.61. The van der Waals surface area contributed by atoms with Crippen molar-refractivity contribution in [1.82, 2.24) is 14.7 Å². The molecule has 7 heteroatoms. The topological polar surface area (TPSA) is 95.7 Å². The minimum absolute atomic E-state index is 0.186. The molecule has 2 N–H and O–H groups in total. The molecule has 1 saturated heterocycles. The second-order valence-corrected chi connectivity index (χ2v) is 5.82. The molecule has 1 aliphatic carbocycles. The van der Waals surface area contributed by atoms with E-state index < -0.39 is 23.9 Å². The lowest BCUT2D eigenvalue weighted by atomic mass is 9.93. The summed E-state index contributed by atoms with van der Waals surface area (Å²) in [6.07, 6.45) is 3.44. The molecular weight excluding hydrogens is 262 g/mol. The molecule has 2 unspecified atom stereocenters. The minimum atomic E-state index is -1.27. The smallest absolute Gasteiger partial charge is 0.308 e. The summed E-state index contributed by atoms with van der Waals surface area (Å²) in [6, 6.07) is 0. The molecule has 20 heavy (non-hydrogen) atoms. The predicted molar refractivity (Wildman–Crippen MR) is 67.5 cm³/mol. The number of carboxylic acids is 1. The summed E-state index contributed by atoms with van der Waals surface area (Å²) in [4.78, 5) is 25.0. The van der Waals surface area contributed by atoms with Crippen LogP contribution in [-0.2, 0) is 16.6 Å². The van der Waals surface area contributed by atoms with Crippen LogP contribution in [0.5, 0.6) is 0 Å². The summed E-state index contributed by atoms with van der Waals surface area (Å²) < 4.78 is 1.51. The van der Waals surface area contributed by atoms with E-state index in [9.17, 15) is 19.8 Å². The molecule has 1 amide bonds. The first-order valence-electron chi connectivity index (χ1n) is 6.61. The third-order valence-electron chi connectivity index (χ3n) is 4.42. The van der Waals surface area contributed by atoms with Gasteiger partial charge in [-0.1, -0.05) is 0 Å². The third-order valence-corrected chi connectivity index (χ3v) is 4.42. The van der Waals surface area contributed by atoms with Crippen molar-refractivity contribution >= 4 is 11.9 Å². The molecule has 0 aromatic carbocycles. The van der Waals surface area contributed by atoms with Gasteiger partial charge in [-0.05, 0) is 12.8 Å². The van der Waals surface area contributed by atoms with E-state index in [2.05, 4.69) is 5.10 Å². The second-order valence-electron chi connectivity index (χ2n) is 5.82. The molecule has 0 radical (unpaired) electrons. The van der Waals surface area contributed by atoms with Crippen LogP contribution in [-0.4, -0.2) is 49.9 Å². The fourth-order valence-corrected chi connectivity index (χ4v) is 3.04. The number of aromatic nitrogens is 2. The maximum absolute atomic E-state index is 12.3. The number of aryl methyl sites for hydroxylation is 1. The van der Waals surface area contributed by atoms with Gasteiger partial charge in [-0.2, -0.15) is 5.10 Å². The summed E-state index contributed by atoms with van der Waals surface area (Å²) in [5.74, 6) is -1.80. The highest BCUT2D eigenvalue weighted by atomic mass is 16.4. The summed E-state index contributed by atoms with van der Waals surface area (Å²) in [7, 11) is 1.70. The van der Waals surface area contributed by atoms with Gasteiger partial charge in [-0.15, -0.1) is 0 Å². The zero-order valence-electron chi connectivity index (χ0n) is 11.2. The molecule has 3 rings (SSSR count). The standard InChI is InChI=1S/C13H17N3O4/c1-15-5-8(4-14-15)10(17)11(18)16-6-9(12(19)20)13(7-16)2-3-13/h4-5,9-10,17H,2-3,6-7H2,1H3,(H,19,20). The normalized spacial score (nSPS) is 24.9. The highest BCUT2D eigenvalue weighted by Gasteiger charge is 2.59. The van der Waals surface area contributed by atoms with Crippen molar-refractivity contribution in [2.24, 2.45) is 18.4 Å². The number of amides is 1.